The minimum absolute atomic E-state index is 0. The Labute approximate surface area is 135 Å². The summed E-state index contributed by atoms with van der Waals surface area (Å²) in [4.78, 5) is 14.6. The number of nitrogens with one attached hydrogen (secondary N) is 1. The lowest BCUT2D eigenvalue weighted by atomic mass is 9.81. The molecule has 0 aromatic rings. The standard InChI is InChI=1S/C17H30N2O.ClH/c1-12-3-5-13(6-4-12)9-17(20)19(2)16-10-14-7-8-15(11-16)18-14;/h12-16,18H,3-11H2,1-2H3;1H. The van der Waals surface area contributed by atoms with Gasteiger partial charge in [0.1, 0.15) is 0 Å². The van der Waals surface area contributed by atoms with Gasteiger partial charge in [-0.3, -0.25) is 4.79 Å². The molecule has 1 N–H and O–H groups in total. The van der Waals surface area contributed by atoms with Crippen molar-refractivity contribution in [1.29, 1.82) is 0 Å². The van der Waals surface area contributed by atoms with Gasteiger partial charge in [0.2, 0.25) is 5.91 Å². The third kappa shape index (κ3) is 4.13. The molecule has 122 valence electrons. The van der Waals surface area contributed by atoms with E-state index < -0.39 is 0 Å². The summed E-state index contributed by atoms with van der Waals surface area (Å²) >= 11 is 0. The third-order valence-electron chi connectivity index (χ3n) is 5.99. The van der Waals surface area contributed by atoms with Gasteiger partial charge in [-0.05, 0) is 50.4 Å². The van der Waals surface area contributed by atoms with Crippen molar-refractivity contribution in [2.24, 2.45) is 11.8 Å². The molecule has 21 heavy (non-hydrogen) atoms. The highest BCUT2D eigenvalue weighted by Gasteiger charge is 2.36. The SMILES string of the molecule is CC1CCC(CC(=O)N(C)C2CC3CCC(C2)N3)CC1.Cl. The van der Waals surface area contributed by atoms with Crippen LogP contribution in [0.3, 0.4) is 0 Å². The fourth-order valence-corrected chi connectivity index (χ4v) is 4.47. The first-order chi connectivity index (χ1) is 9.61. The van der Waals surface area contributed by atoms with Crippen LogP contribution < -0.4 is 5.32 Å². The van der Waals surface area contributed by atoms with Crippen molar-refractivity contribution in [2.45, 2.75) is 82.8 Å². The highest BCUT2D eigenvalue weighted by molar-refractivity contribution is 5.85. The van der Waals surface area contributed by atoms with Gasteiger partial charge in [-0.25, -0.2) is 0 Å². The van der Waals surface area contributed by atoms with Crippen LogP contribution in [-0.2, 0) is 4.79 Å². The number of carbonyl (C=O) groups excluding carboxylic acids is 1. The molecule has 1 aliphatic carbocycles. The summed E-state index contributed by atoms with van der Waals surface area (Å²) in [5, 5.41) is 3.66. The molecule has 0 spiro atoms. The minimum atomic E-state index is 0. The number of halogens is 1. The van der Waals surface area contributed by atoms with Gasteiger partial charge in [0.05, 0.1) is 0 Å². The van der Waals surface area contributed by atoms with Gasteiger partial charge in [0.25, 0.3) is 0 Å². The van der Waals surface area contributed by atoms with E-state index in [1.54, 1.807) is 0 Å². The molecule has 2 atom stereocenters. The van der Waals surface area contributed by atoms with Crippen LogP contribution in [0.5, 0.6) is 0 Å². The van der Waals surface area contributed by atoms with E-state index in [2.05, 4.69) is 17.1 Å². The number of piperidine rings is 1. The number of fused-ring (bicyclic) bond motifs is 2. The van der Waals surface area contributed by atoms with Crippen LogP contribution in [0, 0.1) is 11.8 Å². The van der Waals surface area contributed by atoms with Crippen LogP contribution >= 0.6 is 12.4 Å². The van der Waals surface area contributed by atoms with Gasteiger partial charge >= 0.3 is 0 Å². The van der Waals surface area contributed by atoms with Crippen molar-refractivity contribution in [1.82, 2.24) is 10.2 Å². The first kappa shape index (κ1) is 17.1. The summed E-state index contributed by atoms with van der Waals surface area (Å²) in [7, 11) is 2.04. The Morgan fingerprint density at radius 3 is 2.19 bits per heavy atom. The van der Waals surface area contributed by atoms with E-state index in [-0.39, 0.29) is 12.4 Å². The van der Waals surface area contributed by atoms with Crippen molar-refractivity contribution < 1.29 is 4.79 Å². The van der Waals surface area contributed by atoms with Crippen molar-refractivity contribution in [3.05, 3.63) is 0 Å². The molecule has 2 bridgehead atoms. The van der Waals surface area contributed by atoms with Crippen molar-refractivity contribution in [3.63, 3.8) is 0 Å². The van der Waals surface area contributed by atoms with E-state index in [0.717, 1.165) is 12.3 Å². The molecule has 3 aliphatic rings. The molecule has 2 aliphatic heterocycles. The highest BCUT2D eigenvalue weighted by atomic mass is 35.5. The molecule has 3 nitrogen and oxygen atoms in total. The largest absolute Gasteiger partial charge is 0.343 e. The molecule has 3 fully saturated rings. The molecule has 1 saturated carbocycles. The summed E-state index contributed by atoms with van der Waals surface area (Å²) in [5.74, 6) is 1.93. The van der Waals surface area contributed by atoms with E-state index in [1.165, 1.54) is 51.4 Å². The van der Waals surface area contributed by atoms with Crippen molar-refractivity contribution in [3.8, 4) is 0 Å². The Hall–Kier alpha value is -0.280. The monoisotopic (exact) mass is 314 g/mol. The van der Waals surface area contributed by atoms with Gasteiger partial charge < -0.3 is 10.2 Å². The maximum atomic E-state index is 12.5. The molecule has 0 radical (unpaired) electrons. The molecule has 0 aromatic carbocycles. The average molecular weight is 315 g/mol. The Morgan fingerprint density at radius 1 is 1.05 bits per heavy atom. The molecular formula is C17H31ClN2O. The first-order valence-electron chi connectivity index (χ1n) is 8.63. The van der Waals surface area contributed by atoms with E-state index >= 15 is 0 Å². The van der Waals surface area contributed by atoms with Crippen LogP contribution in [0.4, 0.5) is 0 Å². The van der Waals surface area contributed by atoms with Gasteiger partial charge in [0, 0.05) is 31.6 Å². The third-order valence-corrected chi connectivity index (χ3v) is 5.99. The highest BCUT2D eigenvalue weighted by Crippen LogP contribution is 2.32. The summed E-state index contributed by atoms with van der Waals surface area (Å²) in [5.41, 5.74) is 0. The molecule has 3 rings (SSSR count). The molecule has 0 aromatic heterocycles. The summed E-state index contributed by atoms with van der Waals surface area (Å²) in [6.07, 6.45) is 10.9. The Balaban J connectivity index is 0.00000161. The number of nitrogens with zero attached hydrogens (tertiary/aromatic N) is 1. The zero-order chi connectivity index (χ0) is 14.1. The lowest BCUT2D eigenvalue weighted by Gasteiger charge is -2.36. The molecule has 2 heterocycles. The zero-order valence-electron chi connectivity index (χ0n) is 13.5. The maximum absolute atomic E-state index is 12.5. The fraction of sp³-hybridized carbons (Fsp3) is 0.941. The lowest BCUT2D eigenvalue weighted by molar-refractivity contribution is -0.134. The number of hydrogen-bond donors (Lipinski definition) is 1. The minimum Gasteiger partial charge on any atom is -0.343 e. The summed E-state index contributed by atoms with van der Waals surface area (Å²) < 4.78 is 0. The maximum Gasteiger partial charge on any atom is 0.222 e. The molecule has 4 heteroatoms. The molecule has 2 saturated heterocycles. The second-order valence-corrected chi connectivity index (χ2v) is 7.60. The Kier molecular flexibility index (Phi) is 5.96. The van der Waals surface area contributed by atoms with Gasteiger partial charge in [0.15, 0.2) is 0 Å². The number of carbonyl (C=O) groups is 1. The Morgan fingerprint density at radius 2 is 1.62 bits per heavy atom. The fourth-order valence-electron chi connectivity index (χ4n) is 4.47. The van der Waals surface area contributed by atoms with E-state index in [4.69, 9.17) is 0 Å². The van der Waals surface area contributed by atoms with E-state index in [0.29, 0.717) is 30.0 Å². The van der Waals surface area contributed by atoms with Gasteiger partial charge in [-0.15, -0.1) is 12.4 Å². The predicted octanol–water partition coefficient (Wildman–Crippen LogP) is 3.37. The van der Waals surface area contributed by atoms with E-state index in [9.17, 15) is 4.79 Å². The van der Waals surface area contributed by atoms with Crippen LogP contribution in [0.15, 0.2) is 0 Å². The molecule has 2 unspecified atom stereocenters. The Bertz CT molecular complexity index is 343. The van der Waals surface area contributed by atoms with Gasteiger partial charge in [-0.1, -0.05) is 19.8 Å². The van der Waals surface area contributed by atoms with Crippen LogP contribution in [0.1, 0.15) is 64.7 Å². The summed E-state index contributed by atoms with van der Waals surface area (Å²) in [6, 6.07) is 1.83. The molecular weight excluding hydrogens is 284 g/mol. The van der Waals surface area contributed by atoms with Crippen molar-refractivity contribution >= 4 is 18.3 Å². The lowest BCUT2D eigenvalue weighted by Crippen LogP contribution is -2.49. The number of amides is 1. The first-order valence-corrected chi connectivity index (χ1v) is 8.63. The van der Waals surface area contributed by atoms with Crippen LogP contribution in [0.25, 0.3) is 0 Å². The summed E-state index contributed by atoms with van der Waals surface area (Å²) in [6.45, 7) is 2.34. The van der Waals surface area contributed by atoms with Crippen molar-refractivity contribution in [2.75, 3.05) is 7.05 Å². The molecule has 1 amide bonds. The quantitative estimate of drug-likeness (QED) is 0.866. The second-order valence-electron chi connectivity index (χ2n) is 7.60. The smallest absolute Gasteiger partial charge is 0.222 e. The van der Waals surface area contributed by atoms with E-state index in [1.807, 2.05) is 7.05 Å². The van der Waals surface area contributed by atoms with Crippen LogP contribution in [0.2, 0.25) is 0 Å². The zero-order valence-corrected chi connectivity index (χ0v) is 14.3. The van der Waals surface area contributed by atoms with Crippen LogP contribution in [-0.4, -0.2) is 36.0 Å². The topological polar surface area (TPSA) is 32.3 Å². The second kappa shape index (κ2) is 7.32. The van der Waals surface area contributed by atoms with Gasteiger partial charge in [-0.2, -0.15) is 0 Å². The number of rotatable bonds is 3. The normalized spacial score (nSPS) is 38.7. The predicted molar refractivity (Wildman–Crippen MR) is 88.7 cm³/mol. The number of hydrogen-bond acceptors (Lipinski definition) is 2. The average Bonchev–Trinajstić information content (AvgIpc) is 2.79.